The summed E-state index contributed by atoms with van der Waals surface area (Å²) in [6.07, 6.45) is 9.68. The van der Waals surface area contributed by atoms with E-state index >= 15 is 0 Å². The van der Waals surface area contributed by atoms with E-state index in [2.05, 4.69) is 0 Å². The van der Waals surface area contributed by atoms with E-state index in [9.17, 15) is 8.78 Å². The molecule has 1 aliphatic carbocycles. The average molecular weight is 244 g/mol. The van der Waals surface area contributed by atoms with E-state index < -0.39 is 11.6 Å². The van der Waals surface area contributed by atoms with Crippen molar-refractivity contribution < 1.29 is 18.6 Å². The van der Waals surface area contributed by atoms with E-state index in [1.807, 2.05) is 0 Å². The van der Waals surface area contributed by atoms with Crippen LogP contribution in [0, 0.1) is 5.92 Å². The Morgan fingerprint density at radius 1 is 1.29 bits per heavy atom. The average Bonchev–Trinajstić information content (AvgIpc) is 2.38. The first-order valence-electron chi connectivity index (χ1n) is 5.87. The quantitative estimate of drug-likeness (QED) is 0.576. The number of hydrogen-bond donors (Lipinski definition) is 1. The summed E-state index contributed by atoms with van der Waals surface area (Å²) in [4.78, 5) is 0. The van der Waals surface area contributed by atoms with Gasteiger partial charge in [-0.1, -0.05) is 19.3 Å². The second kappa shape index (κ2) is 7.87. The van der Waals surface area contributed by atoms with Crippen LogP contribution in [-0.4, -0.2) is 11.7 Å². The second-order valence-electron chi connectivity index (χ2n) is 4.17. The molecule has 1 aliphatic rings. The van der Waals surface area contributed by atoms with Crippen LogP contribution in [0.15, 0.2) is 36.3 Å². The van der Waals surface area contributed by atoms with Crippen molar-refractivity contribution in [3.8, 4) is 0 Å². The van der Waals surface area contributed by atoms with Crippen molar-refractivity contribution in [2.45, 2.75) is 32.1 Å². The van der Waals surface area contributed by atoms with E-state index in [0.29, 0.717) is 12.5 Å². The molecule has 0 bridgehead atoms. The van der Waals surface area contributed by atoms with Crippen LogP contribution in [0.3, 0.4) is 0 Å². The van der Waals surface area contributed by atoms with Crippen LogP contribution in [0.5, 0.6) is 0 Å². The van der Waals surface area contributed by atoms with Gasteiger partial charge in [0.05, 0.1) is 12.9 Å². The lowest BCUT2D eigenvalue weighted by Gasteiger charge is -2.20. The molecule has 0 amide bonds. The fourth-order valence-electron chi connectivity index (χ4n) is 1.87. The highest BCUT2D eigenvalue weighted by Gasteiger charge is 2.12. The summed E-state index contributed by atoms with van der Waals surface area (Å²) in [5, 5.41) is 8.94. The van der Waals surface area contributed by atoms with Gasteiger partial charge in [-0.05, 0) is 30.9 Å². The van der Waals surface area contributed by atoms with Crippen LogP contribution in [-0.2, 0) is 4.74 Å². The maximum Gasteiger partial charge on any atom is 0.192 e. The number of rotatable bonds is 5. The standard InChI is InChI=1S/C13H18F2O2/c14-9-12(15)13(16)7-4-8-17-10-11-5-2-1-3-6-11/h4,7-9,11,16H,1-3,5-6,10H2/b8-4+,12-9-,13-7+. The molecule has 0 unspecified atom stereocenters. The molecule has 96 valence electrons. The molecule has 1 rings (SSSR count). The number of allylic oxidation sites excluding steroid dienone is 3. The summed E-state index contributed by atoms with van der Waals surface area (Å²) in [6.45, 7) is 0.645. The first-order chi connectivity index (χ1) is 8.24. The van der Waals surface area contributed by atoms with Crippen molar-refractivity contribution in [2.75, 3.05) is 6.61 Å². The highest BCUT2D eigenvalue weighted by molar-refractivity contribution is 5.20. The van der Waals surface area contributed by atoms with Crippen LogP contribution in [0.25, 0.3) is 0 Å². The van der Waals surface area contributed by atoms with Gasteiger partial charge in [0.25, 0.3) is 0 Å². The molecular formula is C13H18F2O2. The maximum absolute atomic E-state index is 12.4. The maximum atomic E-state index is 12.4. The molecule has 1 saturated carbocycles. The van der Waals surface area contributed by atoms with Gasteiger partial charge < -0.3 is 9.84 Å². The van der Waals surface area contributed by atoms with Crippen LogP contribution >= 0.6 is 0 Å². The van der Waals surface area contributed by atoms with E-state index in [0.717, 1.165) is 6.08 Å². The molecule has 4 heteroatoms. The van der Waals surface area contributed by atoms with E-state index in [4.69, 9.17) is 9.84 Å². The topological polar surface area (TPSA) is 29.5 Å². The number of aliphatic hydroxyl groups is 1. The lowest BCUT2D eigenvalue weighted by Crippen LogP contribution is -2.11. The minimum absolute atomic E-state index is 0.289. The zero-order valence-electron chi connectivity index (χ0n) is 9.74. The molecule has 0 aromatic carbocycles. The smallest absolute Gasteiger partial charge is 0.192 e. The highest BCUT2D eigenvalue weighted by Crippen LogP contribution is 2.23. The Morgan fingerprint density at radius 3 is 2.65 bits per heavy atom. The third-order valence-corrected chi connectivity index (χ3v) is 2.83. The summed E-state index contributed by atoms with van der Waals surface area (Å²) >= 11 is 0. The molecule has 17 heavy (non-hydrogen) atoms. The third kappa shape index (κ3) is 5.52. The Balaban J connectivity index is 2.21. The van der Waals surface area contributed by atoms with Gasteiger partial charge in [0.2, 0.25) is 0 Å². The van der Waals surface area contributed by atoms with Crippen LogP contribution in [0.2, 0.25) is 0 Å². The molecule has 2 nitrogen and oxygen atoms in total. The summed E-state index contributed by atoms with van der Waals surface area (Å²) in [5.41, 5.74) is 0. The van der Waals surface area contributed by atoms with Gasteiger partial charge in [0, 0.05) is 0 Å². The van der Waals surface area contributed by atoms with Gasteiger partial charge in [-0.2, -0.15) is 0 Å². The van der Waals surface area contributed by atoms with Crippen molar-refractivity contribution in [2.24, 2.45) is 5.92 Å². The van der Waals surface area contributed by atoms with Gasteiger partial charge in [-0.3, -0.25) is 0 Å². The van der Waals surface area contributed by atoms with E-state index in [-0.39, 0.29) is 6.33 Å². The molecule has 0 aromatic rings. The third-order valence-electron chi connectivity index (χ3n) is 2.83. The van der Waals surface area contributed by atoms with Gasteiger partial charge >= 0.3 is 0 Å². The number of aliphatic hydroxyl groups excluding tert-OH is 1. The fraction of sp³-hybridized carbons (Fsp3) is 0.538. The van der Waals surface area contributed by atoms with Gasteiger partial charge in [-0.25, -0.2) is 8.78 Å². The van der Waals surface area contributed by atoms with Crippen LogP contribution in [0.1, 0.15) is 32.1 Å². The first kappa shape index (κ1) is 13.7. The predicted molar refractivity (Wildman–Crippen MR) is 62.7 cm³/mol. The molecule has 1 fully saturated rings. The van der Waals surface area contributed by atoms with Crippen LogP contribution in [0.4, 0.5) is 8.78 Å². The largest absolute Gasteiger partial charge is 0.505 e. The van der Waals surface area contributed by atoms with Crippen molar-refractivity contribution in [1.82, 2.24) is 0 Å². The fourth-order valence-corrected chi connectivity index (χ4v) is 1.87. The van der Waals surface area contributed by atoms with Gasteiger partial charge in [0.1, 0.15) is 6.33 Å². The molecule has 0 atom stereocenters. The summed E-state index contributed by atoms with van der Waals surface area (Å²) in [5.74, 6) is -1.44. The SMILES string of the molecule is OC(=C/C=C/OCC1CCCCC1)/C(F)=C/F. The molecule has 0 aliphatic heterocycles. The second-order valence-corrected chi connectivity index (χ2v) is 4.17. The summed E-state index contributed by atoms with van der Waals surface area (Å²) < 4.78 is 29.3. The number of hydrogen-bond acceptors (Lipinski definition) is 2. The lowest BCUT2D eigenvalue weighted by atomic mass is 9.90. The normalized spacial score (nSPS) is 19.9. The summed E-state index contributed by atoms with van der Waals surface area (Å²) in [7, 11) is 0. The Labute approximate surface area is 100 Å². The molecule has 0 aromatic heterocycles. The highest BCUT2D eigenvalue weighted by atomic mass is 19.2. The molecule has 0 radical (unpaired) electrons. The Hall–Kier alpha value is -1.32. The molecule has 0 saturated heterocycles. The van der Waals surface area contributed by atoms with Crippen molar-refractivity contribution >= 4 is 0 Å². The van der Waals surface area contributed by atoms with Gasteiger partial charge in [0.15, 0.2) is 11.6 Å². The Morgan fingerprint density at radius 2 is 2.00 bits per heavy atom. The predicted octanol–water partition coefficient (Wildman–Crippen LogP) is 4.32. The lowest BCUT2D eigenvalue weighted by molar-refractivity contribution is 0.166. The van der Waals surface area contributed by atoms with E-state index in [1.54, 1.807) is 0 Å². The number of ether oxygens (including phenoxy) is 1. The van der Waals surface area contributed by atoms with Crippen molar-refractivity contribution in [1.29, 1.82) is 0 Å². The first-order valence-corrected chi connectivity index (χ1v) is 5.87. The van der Waals surface area contributed by atoms with E-state index in [1.165, 1.54) is 44.4 Å². The zero-order chi connectivity index (χ0) is 12.5. The minimum Gasteiger partial charge on any atom is -0.505 e. The molecular weight excluding hydrogens is 226 g/mol. The van der Waals surface area contributed by atoms with Gasteiger partial charge in [-0.15, -0.1) is 0 Å². The summed E-state index contributed by atoms with van der Waals surface area (Å²) in [6, 6.07) is 0. The van der Waals surface area contributed by atoms with Crippen molar-refractivity contribution in [3.05, 3.63) is 36.3 Å². The minimum atomic E-state index is -1.29. The van der Waals surface area contributed by atoms with Crippen molar-refractivity contribution in [3.63, 3.8) is 0 Å². The monoisotopic (exact) mass is 244 g/mol. The molecule has 0 spiro atoms. The zero-order valence-corrected chi connectivity index (χ0v) is 9.74. The Bertz CT molecular complexity index is 303. The molecule has 1 N–H and O–H groups in total. The number of halogens is 2. The van der Waals surface area contributed by atoms with Crippen LogP contribution < -0.4 is 0 Å². The molecule has 0 heterocycles. The Kier molecular flexibility index (Phi) is 6.37.